The highest BCUT2D eigenvalue weighted by Gasteiger charge is 2.41. The summed E-state index contributed by atoms with van der Waals surface area (Å²) in [7, 11) is -1.86. The van der Waals surface area contributed by atoms with Crippen molar-refractivity contribution in [3.05, 3.63) is 0 Å². The largest absolute Gasteiger partial charge is 0.444 e. The van der Waals surface area contributed by atoms with Gasteiger partial charge in [-0.25, -0.2) is 4.79 Å². The highest BCUT2D eigenvalue weighted by atomic mass is 28.3. The van der Waals surface area contributed by atoms with Crippen LogP contribution < -0.4 is 0 Å². The van der Waals surface area contributed by atoms with Gasteiger partial charge in [-0.15, -0.1) is 0 Å². The molecule has 0 spiro atoms. The Bertz CT molecular complexity index is 341. The first-order valence-corrected chi connectivity index (χ1v) is 10.1. The van der Waals surface area contributed by atoms with Crippen LogP contribution in [-0.2, 0) is 9.53 Å². The third kappa shape index (κ3) is 3.83. The van der Waals surface area contributed by atoms with Crippen LogP contribution in [0.5, 0.6) is 0 Å². The maximum Gasteiger partial charge on any atom is 0.410 e. The number of hydrogen-bond donors (Lipinski definition) is 0. The lowest BCUT2D eigenvalue weighted by molar-refractivity contribution is -0.116. The average Bonchev–Trinajstić information content (AvgIpc) is 2.60. The Kier molecular flexibility index (Phi) is 4.25. The van der Waals surface area contributed by atoms with E-state index >= 15 is 0 Å². The second kappa shape index (κ2) is 5.03. The fourth-order valence-electron chi connectivity index (χ4n) is 2.08. The van der Waals surface area contributed by atoms with Gasteiger partial charge in [-0.05, 0) is 33.6 Å². The molecular weight excluding hydrogens is 246 g/mol. The van der Waals surface area contributed by atoms with E-state index in [1.54, 1.807) is 4.90 Å². The van der Waals surface area contributed by atoms with Gasteiger partial charge >= 0.3 is 6.09 Å². The van der Waals surface area contributed by atoms with Gasteiger partial charge in [0.1, 0.15) is 19.1 Å². The molecule has 4 nitrogen and oxygen atoms in total. The summed E-state index contributed by atoms with van der Waals surface area (Å²) in [5.41, 5.74) is -0.508. The van der Waals surface area contributed by atoms with Gasteiger partial charge < -0.3 is 9.53 Å². The van der Waals surface area contributed by atoms with Gasteiger partial charge in [0.15, 0.2) is 0 Å². The molecule has 1 aliphatic heterocycles. The normalized spacial score (nSPS) is 21.0. The van der Waals surface area contributed by atoms with E-state index in [0.29, 0.717) is 6.54 Å². The zero-order valence-corrected chi connectivity index (χ0v) is 13.4. The summed E-state index contributed by atoms with van der Waals surface area (Å²) < 4.78 is 5.36. The third-order valence-electron chi connectivity index (χ3n) is 2.92. The van der Waals surface area contributed by atoms with Gasteiger partial charge in [-0.3, -0.25) is 4.90 Å². The van der Waals surface area contributed by atoms with E-state index in [0.717, 1.165) is 12.8 Å². The summed E-state index contributed by atoms with van der Waals surface area (Å²) in [5, 5.41) is 0.255. The number of nitrogens with zero attached hydrogens (tertiary/aromatic N) is 1. The van der Waals surface area contributed by atoms with Crippen molar-refractivity contribution in [2.75, 3.05) is 6.54 Å². The molecule has 0 aromatic rings. The van der Waals surface area contributed by atoms with Gasteiger partial charge in [0, 0.05) is 6.54 Å². The van der Waals surface area contributed by atoms with E-state index in [9.17, 15) is 9.59 Å². The summed E-state index contributed by atoms with van der Waals surface area (Å²) in [6.45, 7) is 12.3. The lowest BCUT2D eigenvalue weighted by Crippen LogP contribution is -2.50. The van der Waals surface area contributed by atoms with Crippen molar-refractivity contribution < 1.29 is 14.3 Å². The smallest absolute Gasteiger partial charge is 0.410 e. The van der Waals surface area contributed by atoms with Crippen LogP contribution in [0.25, 0.3) is 0 Å². The first kappa shape index (κ1) is 15.2. The minimum absolute atomic E-state index is 0.255. The van der Waals surface area contributed by atoms with Crippen LogP contribution in [0.4, 0.5) is 4.79 Å². The van der Waals surface area contributed by atoms with Crippen LogP contribution >= 0.6 is 0 Å². The molecule has 1 atom stereocenters. The summed E-state index contributed by atoms with van der Waals surface area (Å²) in [6, 6.07) is -0.258. The van der Waals surface area contributed by atoms with Gasteiger partial charge in [0.2, 0.25) is 0 Å². The quantitative estimate of drug-likeness (QED) is 0.726. The number of carbonyl (C=O) groups excluding carboxylic acids is 2. The van der Waals surface area contributed by atoms with Crippen molar-refractivity contribution in [3.8, 4) is 0 Å². The lowest BCUT2D eigenvalue weighted by atomic mass is 10.2. The molecule has 0 aromatic carbocycles. The molecule has 5 heteroatoms. The van der Waals surface area contributed by atoms with Crippen LogP contribution in [0.15, 0.2) is 0 Å². The minimum Gasteiger partial charge on any atom is -0.444 e. The van der Waals surface area contributed by atoms with Crippen LogP contribution in [-0.4, -0.2) is 42.7 Å². The van der Waals surface area contributed by atoms with Crippen LogP contribution in [0.2, 0.25) is 19.6 Å². The zero-order valence-electron chi connectivity index (χ0n) is 12.4. The summed E-state index contributed by atoms with van der Waals surface area (Å²) in [4.78, 5) is 26.0. The molecule has 0 aromatic heterocycles. The maximum atomic E-state index is 12.4. The Morgan fingerprint density at radius 2 is 1.78 bits per heavy atom. The van der Waals surface area contributed by atoms with E-state index in [1.165, 1.54) is 0 Å². The molecular formula is C13H25NO3Si. The van der Waals surface area contributed by atoms with Crippen LogP contribution in [0.3, 0.4) is 0 Å². The first-order valence-electron chi connectivity index (χ1n) is 6.56. The van der Waals surface area contributed by atoms with Crippen LogP contribution in [0, 0.1) is 0 Å². The number of likely N-dealkylation sites (tertiary alicyclic amines) is 1. The molecule has 0 unspecified atom stereocenters. The molecule has 1 rings (SSSR count). The fourth-order valence-corrected chi connectivity index (χ4v) is 3.38. The van der Waals surface area contributed by atoms with Crippen molar-refractivity contribution in [2.45, 2.75) is 64.9 Å². The van der Waals surface area contributed by atoms with Crippen molar-refractivity contribution in [2.24, 2.45) is 0 Å². The summed E-state index contributed by atoms with van der Waals surface area (Å²) in [5.74, 6) is 0. The van der Waals surface area contributed by atoms with Crippen LogP contribution in [0.1, 0.15) is 33.6 Å². The fraction of sp³-hybridized carbons (Fsp3) is 0.846. The Labute approximate surface area is 111 Å². The topological polar surface area (TPSA) is 46.6 Å². The molecule has 1 heterocycles. The van der Waals surface area contributed by atoms with Gasteiger partial charge in [-0.2, -0.15) is 0 Å². The van der Waals surface area contributed by atoms with Crippen molar-refractivity contribution in [1.29, 1.82) is 0 Å². The molecule has 104 valence electrons. The molecule has 1 fully saturated rings. The highest BCUT2D eigenvalue weighted by molar-refractivity contribution is 7.04. The number of carbonyl (C=O) groups is 2. The molecule has 1 amide bonds. The Hall–Kier alpha value is -0.843. The number of ether oxygens (including phenoxy) is 1. The van der Waals surface area contributed by atoms with Gasteiger partial charge in [0.05, 0.1) is 6.04 Å². The molecule has 0 aliphatic carbocycles. The molecule has 1 aliphatic rings. The minimum atomic E-state index is -1.86. The summed E-state index contributed by atoms with van der Waals surface area (Å²) in [6.07, 6.45) is 1.32. The van der Waals surface area contributed by atoms with E-state index in [1.807, 2.05) is 40.4 Å². The molecule has 1 saturated heterocycles. The lowest BCUT2D eigenvalue weighted by Gasteiger charge is -2.30. The van der Waals surface area contributed by atoms with Gasteiger partial charge in [-0.1, -0.05) is 19.6 Å². The second-order valence-electron chi connectivity index (χ2n) is 6.95. The van der Waals surface area contributed by atoms with E-state index in [4.69, 9.17) is 4.74 Å². The monoisotopic (exact) mass is 271 g/mol. The Morgan fingerprint density at radius 1 is 1.22 bits per heavy atom. The molecule has 18 heavy (non-hydrogen) atoms. The van der Waals surface area contributed by atoms with Crippen molar-refractivity contribution in [1.82, 2.24) is 4.90 Å². The predicted octanol–water partition coefficient (Wildman–Crippen LogP) is 2.83. The van der Waals surface area contributed by atoms with E-state index in [-0.39, 0.29) is 17.5 Å². The molecule has 0 saturated carbocycles. The van der Waals surface area contributed by atoms with E-state index in [2.05, 4.69) is 0 Å². The van der Waals surface area contributed by atoms with Crippen molar-refractivity contribution in [3.63, 3.8) is 0 Å². The Balaban J connectivity index is 2.77. The molecule has 0 bridgehead atoms. The van der Waals surface area contributed by atoms with Gasteiger partial charge in [0.25, 0.3) is 0 Å². The second-order valence-corrected chi connectivity index (χ2v) is 11.9. The Morgan fingerprint density at radius 3 is 2.22 bits per heavy atom. The van der Waals surface area contributed by atoms with Crippen molar-refractivity contribution >= 4 is 19.6 Å². The highest BCUT2D eigenvalue weighted by Crippen LogP contribution is 2.24. The maximum absolute atomic E-state index is 12.4. The molecule has 0 N–H and O–H groups in total. The molecule has 0 radical (unpaired) electrons. The predicted molar refractivity (Wildman–Crippen MR) is 74.3 cm³/mol. The number of hydrogen-bond acceptors (Lipinski definition) is 3. The standard InChI is InChI=1S/C13H25NO3Si/c1-13(2,3)17-12(16)14-9-7-8-10(14)11(15)18(4,5)6/h10H,7-9H2,1-6H3/t10-/m0/s1. The first-order chi connectivity index (χ1) is 8.02. The number of rotatable bonds is 2. The SMILES string of the molecule is CC(C)(C)OC(=O)N1CCC[C@H]1C(=O)[Si](C)(C)C. The van der Waals surface area contributed by atoms with E-state index < -0.39 is 13.7 Å². The zero-order chi connectivity index (χ0) is 14.1. The average molecular weight is 271 g/mol. The third-order valence-corrected chi connectivity index (χ3v) is 4.73. The number of amides is 1. The summed E-state index contributed by atoms with van der Waals surface area (Å²) >= 11 is 0.